The Morgan fingerprint density at radius 3 is 2.52 bits per heavy atom. The van der Waals surface area contributed by atoms with E-state index in [1.807, 2.05) is 32.0 Å². The molecule has 6 heteroatoms. The van der Waals surface area contributed by atoms with Crippen LogP contribution in [0.25, 0.3) is 0 Å². The molecule has 1 amide bonds. The van der Waals surface area contributed by atoms with Gasteiger partial charge in [0, 0.05) is 5.02 Å². The first-order valence-corrected chi connectivity index (χ1v) is 8.41. The highest BCUT2D eigenvalue weighted by molar-refractivity contribution is 6.30. The van der Waals surface area contributed by atoms with Crippen molar-refractivity contribution in [2.24, 2.45) is 0 Å². The molecule has 2 aromatic rings. The Balaban J connectivity index is 1.62. The highest BCUT2D eigenvalue weighted by Gasteiger charge is 2.25. The zero-order valence-corrected chi connectivity index (χ0v) is 14.9. The molecular weight excluding hydrogens is 342 g/mol. The first-order valence-electron chi connectivity index (χ1n) is 8.03. The van der Waals surface area contributed by atoms with Gasteiger partial charge in [-0.1, -0.05) is 17.7 Å². The van der Waals surface area contributed by atoms with Gasteiger partial charge >= 0.3 is 0 Å². The van der Waals surface area contributed by atoms with Crippen LogP contribution in [0.4, 0.5) is 0 Å². The summed E-state index contributed by atoms with van der Waals surface area (Å²) >= 11 is 5.83. The molecule has 1 aliphatic rings. The predicted octanol–water partition coefficient (Wildman–Crippen LogP) is 3.54. The van der Waals surface area contributed by atoms with E-state index in [-0.39, 0.29) is 12.5 Å². The van der Waals surface area contributed by atoms with Crippen LogP contribution in [-0.2, 0) is 10.3 Å². The van der Waals surface area contributed by atoms with Gasteiger partial charge in [-0.15, -0.1) is 0 Å². The molecule has 25 heavy (non-hydrogen) atoms. The van der Waals surface area contributed by atoms with Crippen molar-refractivity contribution in [1.29, 1.82) is 0 Å². The summed E-state index contributed by atoms with van der Waals surface area (Å²) in [6.07, 6.45) is 0. The molecule has 0 aliphatic carbocycles. The van der Waals surface area contributed by atoms with Crippen LogP contribution in [0.5, 0.6) is 17.2 Å². The number of halogens is 1. The average molecular weight is 362 g/mol. The van der Waals surface area contributed by atoms with Crippen molar-refractivity contribution in [1.82, 2.24) is 5.32 Å². The molecule has 1 aliphatic heterocycles. The fraction of sp³-hybridized carbons (Fsp3) is 0.316. The van der Waals surface area contributed by atoms with Crippen LogP contribution in [0.2, 0.25) is 5.02 Å². The van der Waals surface area contributed by atoms with E-state index in [1.54, 1.807) is 24.3 Å². The lowest BCUT2D eigenvalue weighted by molar-refractivity contribution is -0.124. The Kier molecular flexibility index (Phi) is 5.04. The number of amides is 1. The van der Waals surface area contributed by atoms with E-state index in [4.69, 9.17) is 25.8 Å². The normalized spacial score (nSPS) is 13.2. The van der Waals surface area contributed by atoms with Crippen molar-refractivity contribution in [3.8, 4) is 17.2 Å². The first-order chi connectivity index (χ1) is 11.9. The van der Waals surface area contributed by atoms with Gasteiger partial charge in [0.1, 0.15) is 19.0 Å². The zero-order chi connectivity index (χ0) is 17.9. The van der Waals surface area contributed by atoms with Crippen LogP contribution < -0.4 is 19.5 Å². The molecule has 132 valence electrons. The van der Waals surface area contributed by atoms with E-state index in [0.29, 0.717) is 29.7 Å². The SMILES string of the molecule is CC(C)(NC(=O)COc1ccc(Cl)cc1)c1ccc2c(c1)OCCO2. The number of hydrogen-bond acceptors (Lipinski definition) is 4. The number of carbonyl (C=O) groups excluding carboxylic acids is 1. The molecule has 2 aromatic carbocycles. The summed E-state index contributed by atoms with van der Waals surface area (Å²) in [7, 11) is 0. The fourth-order valence-electron chi connectivity index (χ4n) is 2.57. The third-order valence-electron chi connectivity index (χ3n) is 3.90. The van der Waals surface area contributed by atoms with Gasteiger partial charge in [0.2, 0.25) is 0 Å². The fourth-order valence-corrected chi connectivity index (χ4v) is 2.69. The lowest BCUT2D eigenvalue weighted by atomic mass is 9.93. The van der Waals surface area contributed by atoms with Crippen molar-refractivity contribution < 1.29 is 19.0 Å². The number of carbonyl (C=O) groups is 1. The lowest BCUT2D eigenvalue weighted by Gasteiger charge is -2.28. The molecular formula is C19H20ClNO4. The molecule has 0 saturated carbocycles. The maximum Gasteiger partial charge on any atom is 0.258 e. The zero-order valence-electron chi connectivity index (χ0n) is 14.2. The molecule has 1 heterocycles. The molecule has 0 unspecified atom stereocenters. The first kappa shape index (κ1) is 17.4. The highest BCUT2D eigenvalue weighted by atomic mass is 35.5. The van der Waals surface area contributed by atoms with Gasteiger partial charge < -0.3 is 19.5 Å². The van der Waals surface area contributed by atoms with E-state index in [2.05, 4.69) is 5.32 Å². The summed E-state index contributed by atoms with van der Waals surface area (Å²) in [5.74, 6) is 1.80. The lowest BCUT2D eigenvalue weighted by Crippen LogP contribution is -2.43. The Bertz CT molecular complexity index is 759. The largest absolute Gasteiger partial charge is 0.486 e. The van der Waals surface area contributed by atoms with Crippen molar-refractivity contribution in [3.63, 3.8) is 0 Å². The Labute approximate surface area is 151 Å². The van der Waals surface area contributed by atoms with Crippen molar-refractivity contribution >= 4 is 17.5 Å². The standard InChI is InChI=1S/C19H20ClNO4/c1-19(2,13-3-8-16-17(11-13)24-10-9-23-16)21-18(22)12-25-15-6-4-14(20)5-7-15/h3-8,11H,9-10,12H2,1-2H3,(H,21,22). The van der Waals surface area contributed by atoms with Crippen LogP contribution >= 0.6 is 11.6 Å². The molecule has 1 N–H and O–H groups in total. The summed E-state index contributed by atoms with van der Waals surface area (Å²) in [5, 5.41) is 3.60. The number of nitrogens with one attached hydrogen (secondary N) is 1. The van der Waals surface area contributed by atoms with Gasteiger partial charge in [-0.05, 0) is 55.8 Å². The highest BCUT2D eigenvalue weighted by Crippen LogP contribution is 2.34. The average Bonchev–Trinajstić information content (AvgIpc) is 2.60. The van der Waals surface area contributed by atoms with E-state index in [9.17, 15) is 4.79 Å². The molecule has 0 spiro atoms. The second-order valence-electron chi connectivity index (χ2n) is 6.27. The number of ether oxygens (including phenoxy) is 3. The molecule has 0 fully saturated rings. The summed E-state index contributed by atoms with van der Waals surface area (Å²) in [5.41, 5.74) is 0.354. The van der Waals surface area contributed by atoms with E-state index >= 15 is 0 Å². The molecule has 5 nitrogen and oxygen atoms in total. The van der Waals surface area contributed by atoms with Crippen LogP contribution in [0.3, 0.4) is 0 Å². The quantitative estimate of drug-likeness (QED) is 0.885. The Morgan fingerprint density at radius 1 is 1.12 bits per heavy atom. The number of benzene rings is 2. The predicted molar refractivity (Wildman–Crippen MR) is 95.5 cm³/mol. The van der Waals surface area contributed by atoms with Crippen molar-refractivity contribution in [2.45, 2.75) is 19.4 Å². The van der Waals surface area contributed by atoms with Gasteiger partial charge in [-0.3, -0.25) is 4.79 Å². The van der Waals surface area contributed by atoms with E-state index in [0.717, 1.165) is 11.3 Å². The molecule has 0 atom stereocenters. The molecule has 0 bridgehead atoms. The number of hydrogen-bond donors (Lipinski definition) is 1. The molecule has 0 radical (unpaired) electrons. The second kappa shape index (κ2) is 7.23. The van der Waals surface area contributed by atoms with Gasteiger partial charge in [0.05, 0.1) is 5.54 Å². The third kappa shape index (κ3) is 4.37. The smallest absolute Gasteiger partial charge is 0.258 e. The Morgan fingerprint density at radius 2 is 1.80 bits per heavy atom. The van der Waals surface area contributed by atoms with Crippen molar-refractivity contribution in [3.05, 3.63) is 53.1 Å². The number of fused-ring (bicyclic) bond motifs is 1. The van der Waals surface area contributed by atoms with Gasteiger partial charge in [0.15, 0.2) is 18.1 Å². The minimum absolute atomic E-state index is 0.0738. The van der Waals surface area contributed by atoms with Crippen LogP contribution in [0, 0.1) is 0 Å². The second-order valence-corrected chi connectivity index (χ2v) is 6.71. The van der Waals surface area contributed by atoms with Crippen molar-refractivity contribution in [2.75, 3.05) is 19.8 Å². The van der Waals surface area contributed by atoms with Crippen LogP contribution in [0.1, 0.15) is 19.4 Å². The maximum absolute atomic E-state index is 12.2. The van der Waals surface area contributed by atoms with Crippen LogP contribution in [0.15, 0.2) is 42.5 Å². The van der Waals surface area contributed by atoms with E-state index < -0.39 is 5.54 Å². The minimum Gasteiger partial charge on any atom is -0.486 e. The molecule has 3 rings (SSSR count). The summed E-state index contributed by atoms with van der Waals surface area (Å²) in [6, 6.07) is 12.6. The molecule has 0 aromatic heterocycles. The Hall–Kier alpha value is -2.40. The van der Waals surface area contributed by atoms with Crippen LogP contribution in [-0.4, -0.2) is 25.7 Å². The summed E-state index contributed by atoms with van der Waals surface area (Å²) in [4.78, 5) is 12.2. The summed E-state index contributed by atoms with van der Waals surface area (Å²) < 4.78 is 16.6. The van der Waals surface area contributed by atoms with E-state index in [1.165, 1.54) is 0 Å². The van der Waals surface area contributed by atoms with Gasteiger partial charge in [-0.2, -0.15) is 0 Å². The topological polar surface area (TPSA) is 56.8 Å². The summed E-state index contributed by atoms with van der Waals surface area (Å²) in [6.45, 7) is 4.86. The maximum atomic E-state index is 12.2. The van der Waals surface area contributed by atoms with Gasteiger partial charge in [0.25, 0.3) is 5.91 Å². The minimum atomic E-state index is -0.573. The molecule has 0 saturated heterocycles. The third-order valence-corrected chi connectivity index (χ3v) is 4.15. The van der Waals surface area contributed by atoms with Gasteiger partial charge in [-0.25, -0.2) is 0 Å². The monoisotopic (exact) mass is 361 g/mol. The number of rotatable bonds is 5.